The van der Waals surface area contributed by atoms with Crippen molar-refractivity contribution in [1.82, 2.24) is 10.3 Å². The smallest absolute Gasteiger partial charge is 0.270 e. The number of thiazole rings is 1. The van der Waals surface area contributed by atoms with Gasteiger partial charge in [0.05, 0.1) is 31.1 Å². The molecule has 0 unspecified atom stereocenters. The first kappa shape index (κ1) is 18.5. The summed E-state index contributed by atoms with van der Waals surface area (Å²) in [7, 11) is 0. The van der Waals surface area contributed by atoms with Gasteiger partial charge in [-0.15, -0.1) is 22.7 Å². The summed E-state index contributed by atoms with van der Waals surface area (Å²) in [5.74, 6) is -0.350. The Hall–Kier alpha value is -2.29. The van der Waals surface area contributed by atoms with E-state index in [0.29, 0.717) is 13.0 Å². The maximum atomic E-state index is 12.2. The molecule has 1 N–H and O–H groups in total. The van der Waals surface area contributed by atoms with E-state index < -0.39 is 4.92 Å². The van der Waals surface area contributed by atoms with Crippen LogP contribution in [0.25, 0.3) is 10.6 Å². The number of rotatable bonds is 6. The first-order valence-electron chi connectivity index (χ1n) is 7.67. The first-order valence-corrected chi connectivity index (χ1v) is 9.75. The molecule has 1 amide bonds. The third kappa shape index (κ3) is 4.27. The molecule has 3 aromatic rings. The SMILES string of the molecule is Cc1nc(-c2ccc(CCNC(=O)c3ccc([N+](=O)[O-])cc3Cl)s2)cs1. The lowest BCUT2D eigenvalue weighted by Gasteiger charge is -2.06. The molecule has 26 heavy (non-hydrogen) atoms. The number of aryl methyl sites for hydroxylation is 1. The van der Waals surface area contributed by atoms with Crippen LogP contribution < -0.4 is 5.32 Å². The van der Waals surface area contributed by atoms with E-state index in [0.717, 1.165) is 20.5 Å². The molecule has 6 nitrogen and oxygen atoms in total. The van der Waals surface area contributed by atoms with E-state index in [-0.39, 0.29) is 22.2 Å². The Balaban J connectivity index is 1.57. The monoisotopic (exact) mass is 407 g/mol. The molecule has 0 atom stereocenters. The molecule has 0 aliphatic carbocycles. The number of halogens is 1. The van der Waals surface area contributed by atoms with Gasteiger partial charge in [-0.1, -0.05) is 11.6 Å². The lowest BCUT2D eigenvalue weighted by molar-refractivity contribution is -0.384. The van der Waals surface area contributed by atoms with Crippen LogP contribution in [-0.2, 0) is 6.42 Å². The highest BCUT2D eigenvalue weighted by atomic mass is 35.5. The number of amides is 1. The molecule has 0 fully saturated rings. The molecule has 0 aliphatic heterocycles. The van der Waals surface area contributed by atoms with Crippen LogP contribution in [-0.4, -0.2) is 22.4 Å². The second-order valence-electron chi connectivity index (χ2n) is 5.44. The van der Waals surface area contributed by atoms with E-state index in [4.69, 9.17) is 11.6 Å². The minimum Gasteiger partial charge on any atom is -0.352 e. The third-order valence-corrected chi connectivity index (χ3v) is 5.85. The molecule has 0 saturated heterocycles. The van der Waals surface area contributed by atoms with Gasteiger partial charge in [0.1, 0.15) is 0 Å². The molecular formula is C17H14ClN3O3S2. The molecule has 0 bridgehead atoms. The van der Waals surface area contributed by atoms with E-state index in [1.165, 1.54) is 18.2 Å². The molecule has 2 heterocycles. The minimum absolute atomic E-state index is 0.0639. The number of nitrogens with one attached hydrogen (secondary N) is 1. The van der Waals surface area contributed by atoms with Crippen LogP contribution in [0.2, 0.25) is 5.02 Å². The van der Waals surface area contributed by atoms with Gasteiger partial charge in [-0.3, -0.25) is 14.9 Å². The average molecular weight is 408 g/mol. The zero-order chi connectivity index (χ0) is 18.7. The summed E-state index contributed by atoms with van der Waals surface area (Å²) in [6.07, 6.45) is 0.685. The van der Waals surface area contributed by atoms with Gasteiger partial charge in [-0.2, -0.15) is 0 Å². The number of carbonyl (C=O) groups excluding carboxylic acids is 1. The van der Waals surface area contributed by atoms with Crippen LogP contribution in [0, 0.1) is 17.0 Å². The summed E-state index contributed by atoms with van der Waals surface area (Å²) in [5.41, 5.74) is 1.06. The summed E-state index contributed by atoms with van der Waals surface area (Å²) >= 11 is 9.23. The summed E-state index contributed by atoms with van der Waals surface area (Å²) in [6.45, 7) is 2.42. The van der Waals surface area contributed by atoms with Crippen LogP contribution in [0.3, 0.4) is 0 Å². The Morgan fingerprint density at radius 2 is 2.15 bits per heavy atom. The Bertz CT molecular complexity index is 968. The van der Waals surface area contributed by atoms with Gasteiger partial charge < -0.3 is 5.32 Å². The molecule has 0 radical (unpaired) electrons. The van der Waals surface area contributed by atoms with Gasteiger partial charge in [-0.05, 0) is 31.5 Å². The van der Waals surface area contributed by atoms with Gasteiger partial charge in [-0.25, -0.2) is 4.98 Å². The Morgan fingerprint density at radius 1 is 1.35 bits per heavy atom. The highest BCUT2D eigenvalue weighted by Crippen LogP contribution is 2.29. The van der Waals surface area contributed by atoms with Gasteiger partial charge >= 0.3 is 0 Å². The normalized spacial score (nSPS) is 10.7. The number of nitro groups is 1. The zero-order valence-corrected chi connectivity index (χ0v) is 16.1. The van der Waals surface area contributed by atoms with Crippen molar-refractivity contribution in [3.05, 3.63) is 66.3 Å². The van der Waals surface area contributed by atoms with Crippen LogP contribution >= 0.6 is 34.3 Å². The van der Waals surface area contributed by atoms with Gasteiger partial charge in [0, 0.05) is 28.9 Å². The fourth-order valence-electron chi connectivity index (χ4n) is 2.32. The fraction of sp³-hybridized carbons (Fsp3) is 0.176. The minimum atomic E-state index is -0.550. The Kier molecular flexibility index (Phi) is 5.65. The second-order valence-corrected chi connectivity index (χ2v) is 8.08. The van der Waals surface area contributed by atoms with Crippen molar-refractivity contribution in [2.45, 2.75) is 13.3 Å². The topological polar surface area (TPSA) is 85.1 Å². The standard InChI is InChI=1S/C17H14ClN3O3S2/c1-10-20-15(9-25-10)16-5-3-12(26-16)6-7-19-17(22)13-4-2-11(21(23)24)8-14(13)18/h2-5,8-9H,6-7H2,1H3,(H,19,22). The number of nitrogens with zero attached hydrogens (tertiary/aromatic N) is 2. The highest BCUT2D eigenvalue weighted by molar-refractivity contribution is 7.16. The summed E-state index contributed by atoms with van der Waals surface area (Å²) in [5, 5.41) is 16.6. The largest absolute Gasteiger partial charge is 0.352 e. The quantitative estimate of drug-likeness (QED) is 0.473. The number of benzene rings is 1. The van der Waals surface area contributed by atoms with Crippen LogP contribution in [0.15, 0.2) is 35.7 Å². The molecule has 0 saturated carbocycles. The molecule has 2 aromatic heterocycles. The summed E-state index contributed by atoms with van der Waals surface area (Å²) < 4.78 is 0. The van der Waals surface area contributed by atoms with E-state index in [1.807, 2.05) is 24.4 Å². The summed E-state index contributed by atoms with van der Waals surface area (Å²) in [6, 6.07) is 7.87. The van der Waals surface area contributed by atoms with Crippen molar-refractivity contribution in [3.63, 3.8) is 0 Å². The number of thiophene rings is 1. The lowest BCUT2D eigenvalue weighted by Crippen LogP contribution is -2.25. The van der Waals surface area contributed by atoms with Crippen LogP contribution in [0.5, 0.6) is 0 Å². The predicted octanol–water partition coefficient (Wildman–Crippen LogP) is 4.71. The van der Waals surface area contributed by atoms with Crippen LogP contribution in [0.4, 0.5) is 5.69 Å². The third-order valence-electron chi connectivity index (χ3n) is 3.60. The highest BCUT2D eigenvalue weighted by Gasteiger charge is 2.14. The average Bonchev–Trinajstić information content (AvgIpc) is 3.23. The zero-order valence-electron chi connectivity index (χ0n) is 13.7. The second kappa shape index (κ2) is 7.94. The first-order chi connectivity index (χ1) is 12.4. The predicted molar refractivity (Wildman–Crippen MR) is 104 cm³/mol. The number of aromatic nitrogens is 1. The summed E-state index contributed by atoms with van der Waals surface area (Å²) in [4.78, 5) is 29.1. The molecule has 134 valence electrons. The molecule has 9 heteroatoms. The fourth-order valence-corrected chi connectivity index (χ4v) is 4.24. The van der Waals surface area contributed by atoms with Gasteiger partial charge in [0.25, 0.3) is 11.6 Å². The van der Waals surface area contributed by atoms with Crippen molar-refractivity contribution in [1.29, 1.82) is 0 Å². The van der Waals surface area contributed by atoms with Crippen molar-refractivity contribution < 1.29 is 9.72 Å². The van der Waals surface area contributed by atoms with E-state index in [9.17, 15) is 14.9 Å². The number of hydrogen-bond donors (Lipinski definition) is 1. The van der Waals surface area contributed by atoms with Crippen molar-refractivity contribution >= 4 is 45.9 Å². The molecule has 0 spiro atoms. The number of non-ortho nitro benzene ring substituents is 1. The van der Waals surface area contributed by atoms with Gasteiger partial charge in [0.2, 0.25) is 0 Å². The lowest BCUT2D eigenvalue weighted by atomic mass is 10.2. The number of carbonyl (C=O) groups is 1. The number of nitro benzene ring substituents is 1. The maximum Gasteiger partial charge on any atom is 0.270 e. The van der Waals surface area contributed by atoms with Gasteiger partial charge in [0.15, 0.2) is 0 Å². The maximum absolute atomic E-state index is 12.2. The van der Waals surface area contributed by atoms with E-state index >= 15 is 0 Å². The van der Waals surface area contributed by atoms with E-state index in [1.54, 1.807) is 22.7 Å². The molecule has 3 rings (SSSR count). The van der Waals surface area contributed by atoms with Crippen LogP contribution in [0.1, 0.15) is 20.2 Å². The van der Waals surface area contributed by atoms with Crippen molar-refractivity contribution in [3.8, 4) is 10.6 Å². The van der Waals surface area contributed by atoms with Crippen molar-refractivity contribution in [2.24, 2.45) is 0 Å². The molecule has 0 aliphatic rings. The van der Waals surface area contributed by atoms with Crippen molar-refractivity contribution in [2.75, 3.05) is 6.54 Å². The molecule has 1 aromatic carbocycles. The van der Waals surface area contributed by atoms with E-state index in [2.05, 4.69) is 10.3 Å². The Morgan fingerprint density at radius 3 is 2.81 bits per heavy atom. The number of hydrogen-bond acceptors (Lipinski definition) is 6. The Labute approximate surface area is 162 Å². The molecular weight excluding hydrogens is 394 g/mol.